The van der Waals surface area contributed by atoms with Gasteiger partial charge in [0.05, 0.1) is 11.3 Å². The molecule has 0 unspecified atom stereocenters. The SMILES string of the molecule is CCN1CCN(S(=O)(=O)c2cccc(NC(=O)Cc3ccc(Cl)cc3Cl)c2)CC1. The fourth-order valence-corrected chi connectivity index (χ4v) is 5.16. The molecule has 1 aliphatic heterocycles. The first-order valence-electron chi connectivity index (χ1n) is 9.36. The Bertz CT molecular complexity index is 990. The molecule has 0 radical (unpaired) electrons. The van der Waals surface area contributed by atoms with Crippen molar-refractivity contribution in [2.24, 2.45) is 0 Å². The molecule has 9 heteroatoms. The number of nitrogens with zero attached hydrogens (tertiary/aromatic N) is 2. The average Bonchev–Trinajstić information content (AvgIpc) is 2.70. The minimum atomic E-state index is -3.60. The lowest BCUT2D eigenvalue weighted by Gasteiger charge is -2.33. The van der Waals surface area contributed by atoms with Crippen molar-refractivity contribution < 1.29 is 13.2 Å². The van der Waals surface area contributed by atoms with E-state index in [-0.39, 0.29) is 17.2 Å². The maximum atomic E-state index is 13.0. The topological polar surface area (TPSA) is 69.7 Å². The molecule has 1 amide bonds. The number of sulfonamides is 1. The minimum Gasteiger partial charge on any atom is -0.326 e. The largest absolute Gasteiger partial charge is 0.326 e. The number of rotatable bonds is 6. The molecule has 3 rings (SSSR count). The first-order valence-corrected chi connectivity index (χ1v) is 11.6. The van der Waals surface area contributed by atoms with E-state index < -0.39 is 10.0 Å². The molecule has 0 aliphatic carbocycles. The van der Waals surface area contributed by atoms with Crippen LogP contribution in [0.1, 0.15) is 12.5 Å². The Kier molecular flexibility index (Phi) is 7.19. The molecule has 29 heavy (non-hydrogen) atoms. The summed E-state index contributed by atoms with van der Waals surface area (Å²) in [5, 5.41) is 3.65. The van der Waals surface area contributed by atoms with Crippen molar-refractivity contribution in [3.8, 4) is 0 Å². The van der Waals surface area contributed by atoms with E-state index in [0.717, 1.165) is 6.54 Å². The molecule has 0 spiro atoms. The third-order valence-corrected chi connectivity index (χ3v) is 7.38. The Morgan fingerprint density at radius 2 is 1.79 bits per heavy atom. The highest BCUT2D eigenvalue weighted by atomic mass is 35.5. The Hall–Kier alpha value is -1.64. The number of nitrogens with one attached hydrogen (secondary N) is 1. The standard InChI is InChI=1S/C20H23Cl2N3O3S/c1-2-24-8-10-25(11-9-24)29(27,28)18-5-3-4-17(14-18)23-20(26)12-15-6-7-16(21)13-19(15)22/h3-7,13-14H,2,8-12H2,1H3,(H,23,26). The predicted octanol–water partition coefficient (Wildman–Crippen LogP) is 3.50. The third-order valence-electron chi connectivity index (χ3n) is 4.90. The first kappa shape index (κ1) is 22.1. The molecule has 1 saturated heterocycles. The number of hydrogen-bond acceptors (Lipinski definition) is 4. The van der Waals surface area contributed by atoms with Gasteiger partial charge in [0.15, 0.2) is 0 Å². The van der Waals surface area contributed by atoms with Crippen molar-refractivity contribution in [1.82, 2.24) is 9.21 Å². The Morgan fingerprint density at radius 1 is 1.07 bits per heavy atom. The second-order valence-electron chi connectivity index (χ2n) is 6.83. The summed E-state index contributed by atoms with van der Waals surface area (Å²) in [7, 11) is -3.60. The quantitative estimate of drug-likeness (QED) is 0.723. The molecule has 0 aromatic heterocycles. The van der Waals surface area contributed by atoms with Gasteiger partial charge in [-0.05, 0) is 42.4 Å². The van der Waals surface area contributed by atoms with E-state index in [1.807, 2.05) is 0 Å². The summed E-state index contributed by atoms with van der Waals surface area (Å²) in [4.78, 5) is 14.8. The van der Waals surface area contributed by atoms with Gasteiger partial charge in [0.2, 0.25) is 15.9 Å². The van der Waals surface area contributed by atoms with Crippen molar-refractivity contribution in [3.05, 3.63) is 58.1 Å². The molecular formula is C20H23Cl2N3O3S. The van der Waals surface area contributed by atoms with Gasteiger partial charge in [0.1, 0.15) is 0 Å². The van der Waals surface area contributed by atoms with Crippen molar-refractivity contribution in [2.45, 2.75) is 18.2 Å². The predicted molar refractivity (Wildman–Crippen MR) is 116 cm³/mol. The van der Waals surface area contributed by atoms with Gasteiger partial charge in [-0.2, -0.15) is 4.31 Å². The van der Waals surface area contributed by atoms with E-state index >= 15 is 0 Å². The highest BCUT2D eigenvalue weighted by molar-refractivity contribution is 7.89. The van der Waals surface area contributed by atoms with Gasteiger partial charge in [-0.25, -0.2) is 8.42 Å². The van der Waals surface area contributed by atoms with Crippen LogP contribution >= 0.6 is 23.2 Å². The van der Waals surface area contributed by atoms with E-state index in [2.05, 4.69) is 17.1 Å². The highest BCUT2D eigenvalue weighted by Gasteiger charge is 2.28. The van der Waals surface area contributed by atoms with E-state index in [1.165, 1.54) is 10.4 Å². The van der Waals surface area contributed by atoms with Gasteiger partial charge in [-0.1, -0.05) is 42.3 Å². The minimum absolute atomic E-state index is 0.0615. The zero-order valence-electron chi connectivity index (χ0n) is 16.1. The van der Waals surface area contributed by atoms with Crippen LogP contribution in [0, 0.1) is 0 Å². The van der Waals surface area contributed by atoms with Crippen LogP contribution in [0.2, 0.25) is 10.0 Å². The van der Waals surface area contributed by atoms with Crippen LogP contribution < -0.4 is 5.32 Å². The molecule has 0 atom stereocenters. The van der Waals surface area contributed by atoms with Gasteiger partial charge < -0.3 is 10.2 Å². The fourth-order valence-electron chi connectivity index (χ4n) is 3.21. The van der Waals surface area contributed by atoms with Crippen LogP contribution in [0.3, 0.4) is 0 Å². The number of carbonyl (C=O) groups excluding carboxylic acids is 1. The van der Waals surface area contributed by atoms with Crippen LogP contribution in [0.15, 0.2) is 47.4 Å². The first-order chi connectivity index (χ1) is 13.8. The normalized spacial score (nSPS) is 16.0. The van der Waals surface area contributed by atoms with Crippen molar-refractivity contribution in [2.75, 3.05) is 38.0 Å². The molecule has 1 fully saturated rings. The van der Waals surface area contributed by atoms with Crippen molar-refractivity contribution in [3.63, 3.8) is 0 Å². The Morgan fingerprint density at radius 3 is 2.45 bits per heavy atom. The van der Waals surface area contributed by atoms with E-state index in [1.54, 1.807) is 36.4 Å². The van der Waals surface area contributed by atoms with Crippen molar-refractivity contribution >= 4 is 44.8 Å². The molecule has 156 valence electrons. The Labute approximate surface area is 181 Å². The molecule has 1 N–H and O–H groups in total. The zero-order chi connectivity index (χ0) is 21.0. The molecule has 1 aliphatic rings. The summed E-state index contributed by atoms with van der Waals surface area (Å²) >= 11 is 12.0. The number of amides is 1. The molecule has 2 aromatic rings. The smallest absolute Gasteiger partial charge is 0.243 e. The van der Waals surface area contributed by atoms with E-state index in [0.29, 0.717) is 47.5 Å². The average molecular weight is 456 g/mol. The summed E-state index contributed by atoms with van der Waals surface area (Å²) in [5.41, 5.74) is 1.07. The zero-order valence-corrected chi connectivity index (χ0v) is 18.4. The molecule has 2 aromatic carbocycles. The van der Waals surface area contributed by atoms with Gasteiger partial charge in [0, 0.05) is 41.9 Å². The summed E-state index contributed by atoms with van der Waals surface area (Å²) in [6.07, 6.45) is 0.0615. The van der Waals surface area contributed by atoms with Gasteiger partial charge >= 0.3 is 0 Å². The maximum absolute atomic E-state index is 13.0. The molecular weight excluding hydrogens is 433 g/mol. The van der Waals surface area contributed by atoms with Crippen LogP contribution in [-0.4, -0.2) is 56.3 Å². The third kappa shape index (κ3) is 5.49. The summed E-state index contributed by atoms with van der Waals surface area (Å²) in [5.74, 6) is -0.291. The molecule has 0 bridgehead atoms. The maximum Gasteiger partial charge on any atom is 0.243 e. The lowest BCUT2D eigenvalue weighted by Crippen LogP contribution is -2.48. The van der Waals surface area contributed by atoms with Crippen LogP contribution in [0.25, 0.3) is 0 Å². The number of benzene rings is 2. The molecule has 6 nitrogen and oxygen atoms in total. The number of hydrogen-bond donors (Lipinski definition) is 1. The van der Waals surface area contributed by atoms with Gasteiger partial charge in [-0.15, -0.1) is 0 Å². The second kappa shape index (κ2) is 9.45. The van der Waals surface area contributed by atoms with Crippen molar-refractivity contribution in [1.29, 1.82) is 0 Å². The number of carbonyl (C=O) groups is 1. The summed E-state index contributed by atoms with van der Waals surface area (Å²) in [6, 6.07) is 11.3. The fraction of sp³-hybridized carbons (Fsp3) is 0.350. The number of likely N-dealkylation sites (N-methyl/N-ethyl adjacent to an activating group) is 1. The number of halogens is 2. The highest BCUT2D eigenvalue weighted by Crippen LogP contribution is 2.23. The van der Waals surface area contributed by atoms with Crippen LogP contribution in [0.4, 0.5) is 5.69 Å². The van der Waals surface area contributed by atoms with Gasteiger partial charge in [-0.3, -0.25) is 4.79 Å². The number of anilines is 1. The van der Waals surface area contributed by atoms with Crippen LogP contribution in [-0.2, 0) is 21.2 Å². The Balaban J connectivity index is 1.69. The summed E-state index contributed by atoms with van der Waals surface area (Å²) < 4.78 is 27.4. The monoisotopic (exact) mass is 455 g/mol. The van der Waals surface area contributed by atoms with Crippen LogP contribution in [0.5, 0.6) is 0 Å². The second-order valence-corrected chi connectivity index (χ2v) is 9.61. The molecule has 1 heterocycles. The van der Waals surface area contributed by atoms with Gasteiger partial charge in [0.25, 0.3) is 0 Å². The summed E-state index contributed by atoms with van der Waals surface area (Å²) in [6.45, 7) is 5.33. The van der Waals surface area contributed by atoms with E-state index in [9.17, 15) is 13.2 Å². The number of piperazine rings is 1. The lowest BCUT2D eigenvalue weighted by atomic mass is 10.1. The molecule has 0 saturated carbocycles. The van der Waals surface area contributed by atoms with E-state index in [4.69, 9.17) is 23.2 Å². The lowest BCUT2D eigenvalue weighted by molar-refractivity contribution is -0.115.